The van der Waals surface area contributed by atoms with Crippen molar-refractivity contribution in [3.63, 3.8) is 0 Å². The van der Waals surface area contributed by atoms with Crippen LogP contribution >= 0.6 is 0 Å². The summed E-state index contributed by atoms with van der Waals surface area (Å²) in [6.07, 6.45) is 2.55. The lowest BCUT2D eigenvalue weighted by Crippen LogP contribution is -2.40. The number of amides is 2. The minimum absolute atomic E-state index is 0.0570. The van der Waals surface area contributed by atoms with E-state index in [2.05, 4.69) is 47.6 Å². The monoisotopic (exact) mass is 525 g/mol. The number of methoxy groups -OCH3 is 1. The fourth-order valence-electron chi connectivity index (χ4n) is 4.76. The van der Waals surface area contributed by atoms with E-state index >= 15 is 0 Å². The van der Waals surface area contributed by atoms with Crippen LogP contribution in [-0.2, 0) is 17.8 Å². The molecule has 0 radical (unpaired) electrons. The van der Waals surface area contributed by atoms with E-state index in [1.807, 2.05) is 24.0 Å². The first-order chi connectivity index (χ1) is 18.9. The molecule has 0 saturated heterocycles. The zero-order chi connectivity index (χ0) is 27.4. The van der Waals surface area contributed by atoms with Crippen LogP contribution < -0.4 is 14.8 Å². The fraction of sp³-hybridized carbons (Fsp3) is 0.258. The summed E-state index contributed by atoms with van der Waals surface area (Å²) in [5.41, 5.74) is 5.26. The van der Waals surface area contributed by atoms with Gasteiger partial charge in [-0.15, -0.1) is 0 Å². The molecular weight excluding hydrogens is 494 g/mol. The Bertz CT molecular complexity index is 1460. The second-order valence-electron chi connectivity index (χ2n) is 9.46. The Labute approximate surface area is 227 Å². The number of aryl methyl sites for hydroxylation is 1. The number of nitrogens with zero attached hydrogens (tertiary/aromatic N) is 2. The first-order valence-electron chi connectivity index (χ1n) is 13.0. The second-order valence-corrected chi connectivity index (χ2v) is 9.46. The van der Waals surface area contributed by atoms with E-state index in [0.717, 1.165) is 17.5 Å². The van der Waals surface area contributed by atoms with Crippen LogP contribution in [-0.4, -0.2) is 35.4 Å². The predicted octanol–water partition coefficient (Wildman–Crippen LogP) is 5.71. The fourth-order valence-corrected chi connectivity index (χ4v) is 4.76. The molecule has 1 aliphatic heterocycles. The summed E-state index contributed by atoms with van der Waals surface area (Å²) < 4.78 is 16.6. The number of benzene rings is 3. The molecule has 0 saturated carbocycles. The molecule has 8 heteroatoms. The highest BCUT2D eigenvalue weighted by molar-refractivity contribution is 6.02. The van der Waals surface area contributed by atoms with Gasteiger partial charge in [0.15, 0.2) is 12.3 Å². The summed E-state index contributed by atoms with van der Waals surface area (Å²) in [4.78, 5) is 31.7. The molecule has 0 bridgehead atoms. The number of hydrogen-bond acceptors (Lipinski definition) is 6. The van der Waals surface area contributed by atoms with Gasteiger partial charge in [0, 0.05) is 18.7 Å². The van der Waals surface area contributed by atoms with Gasteiger partial charge < -0.3 is 24.1 Å². The molecule has 1 unspecified atom stereocenters. The second kappa shape index (κ2) is 11.4. The van der Waals surface area contributed by atoms with Gasteiger partial charge in [0.2, 0.25) is 11.8 Å². The normalized spacial score (nSPS) is 14.4. The molecule has 0 aliphatic carbocycles. The summed E-state index contributed by atoms with van der Waals surface area (Å²) in [7, 11) is 1.58. The SMILES string of the molecule is CCC(=O)N1CCc2ccc(OCc3nc(C(=O)Nc4ccc(OC)cc4)co3)cc2C1c1ccc(C)cc1. The lowest BCUT2D eigenvalue weighted by molar-refractivity contribution is -0.132. The summed E-state index contributed by atoms with van der Waals surface area (Å²) in [6, 6.07) is 21.1. The summed E-state index contributed by atoms with van der Waals surface area (Å²) in [5.74, 6) is 1.36. The zero-order valence-electron chi connectivity index (χ0n) is 22.3. The smallest absolute Gasteiger partial charge is 0.277 e. The summed E-state index contributed by atoms with van der Waals surface area (Å²) in [5, 5.41) is 2.78. The predicted molar refractivity (Wildman–Crippen MR) is 147 cm³/mol. The van der Waals surface area contributed by atoms with Gasteiger partial charge in [-0.1, -0.05) is 42.8 Å². The van der Waals surface area contributed by atoms with Gasteiger partial charge in [0.05, 0.1) is 13.2 Å². The van der Waals surface area contributed by atoms with E-state index in [9.17, 15) is 9.59 Å². The topological polar surface area (TPSA) is 93.9 Å². The van der Waals surface area contributed by atoms with E-state index in [4.69, 9.17) is 13.9 Å². The van der Waals surface area contributed by atoms with E-state index in [-0.39, 0.29) is 36.0 Å². The van der Waals surface area contributed by atoms with E-state index in [1.54, 1.807) is 31.4 Å². The number of carbonyl (C=O) groups excluding carboxylic acids is 2. The lowest BCUT2D eigenvalue weighted by Gasteiger charge is -2.38. The Morgan fingerprint density at radius 1 is 1.05 bits per heavy atom. The van der Waals surface area contributed by atoms with Crippen LogP contribution in [0.2, 0.25) is 0 Å². The maximum Gasteiger partial charge on any atom is 0.277 e. The quantitative estimate of drug-likeness (QED) is 0.317. The molecule has 1 N–H and O–H groups in total. The summed E-state index contributed by atoms with van der Waals surface area (Å²) >= 11 is 0. The van der Waals surface area contributed by atoms with Crippen molar-refractivity contribution >= 4 is 17.5 Å². The Morgan fingerprint density at radius 3 is 2.51 bits per heavy atom. The first-order valence-corrected chi connectivity index (χ1v) is 13.0. The molecule has 39 heavy (non-hydrogen) atoms. The number of anilines is 1. The standard InChI is InChI=1S/C31H31N3O5/c1-4-29(35)34-16-15-21-9-12-25(17-26(21)30(34)22-7-5-20(2)6-8-22)38-19-28-33-27(18-39-28)31(36)32-23-10-13-24(37-3)14-11-23/h5-14,17-18,30H,4,15-16,19H2,1-3H3,(H,32,36). The maximum atomic E-state index is 12.9. The van der Waals surface area contributed by atoms with Crippen molar-refractivity contribution in [3.05, 3.63) is 107 Å². The lowest BCUT2D eigenvalue weighted by atomic mass is 9.87. The van der Waals surface area contributed by atoms with Gasteiger partial charge in [-0.25, -0.2) is 4.98 Å². The highest BCUT2D eigenvalue weighted by Crippen LogP contribution is 2.37. The van der Waals surface area contributed by atoms with Crippen LogP contribution in [0.3, 0.4) is 0 Å². The highest BCUT2D eigenvalue weighted by Gasteiger charge is 2.31. The van der Waals surface area contributed by atoms with Crippen LogP contribution in [0, 0.1) is 6.92 Å². The van der Waals surface area contributed by atoms with Crippen molar-refractivity contribution in [2.24, 2.45) is 0 Å². The molecule has 2 heterocycles. The number of rotatable bonds is 8. The number of hydrogen-bond donors (Lipinski definition) is 1. The number of carbonyl (C=O) groups is 2. The third kappa shape index (κ3) is 5.80. The van der Waals surface area contributed by atoms with Crippen molar-refractivity contribution in [1.29, 1.82) is 0 Å². The van der Waals surface area contributed by atoms with Crippen molar-refractivity contribution in [3.8, 4) is 11.5 Å². The highest BCUT2D eigenvalue weighted by atomic mass is 16.5. The van der Waals surface area contributed by atoms with E-state index in [1.165, 1.54) is 17.4 Å². The Hall–Kier alpha value is -4.59. The Balaban J connectivity index is 1.30. The van der Waals surface area contributed by atoms with Gasteiger partial charge in [-0.05, 0) is 66.4 Å². The van der Waals surface area contributed by atoms with Crippen LogP contribution in [0.25, 0.3) is 0 Å². The van der Waals surface area contributed by atoms with Crippen molar-refractivity contribution < 1.29 is 23.5 Å². The van der Waals surface area contributed by atoms with Crippen molar-refractivity contribution in [2.75, 3.05) is 19.0 Å². The van der Waals surface area contributed by atoms with E-state index in [0.29, 0.717) is 30.2 Å². The first kappa shape index (κ1) is 26.0. The van der Waals surface area contributed by atoms with E-state index < -0.39 is 0 Å². The summed E-state index contributed by atoms with van der Waals surface area (Å²) in [6.45, 7) is 4.68. The molecular formula is C31H31N3O5. The van der Waals surface area contributed by atoms with Crippen molar-refractivity contribution in [1.82, 2.24) is 9.88 Å². The van der Waals surface area contributed by atoms with Gasteiger partial charge in [0.25, 0.3) is 5.91 Å². The van der Waals surface area contributed by atoms with Gasteiger partial charge >= 0.3 is 0 Å². The van der Waals surface area contributed by atoms with Gasteiger partial charge in [-0.3, -0.25) is 9.59 Å². The number of oxazole rings is 1. The number of fused-ring (bicyclic) bond motifs is 1. The van der Waals surface area contributed by atoms with Crippen LogP contribution in [0.1, 0.15) is 58.0 Å². The minimum Gasteiger partial charge on any atom is -0.497 e. The average molecular weight is 526 g/mol. The molecule has 0 fully saturated rings. The van der Waals surface area contributed by atoms with Crippen molar-refractivity contribution in [2.45, 2.75) is 39.3 Å². The molecule has 200 valence electrons. The van der Waals surface area contributed by atoms with Crippen LogP contribution in [0.15, 0.2) is 77.4 Å². The van der Waals surface area contributed by atoms with Crippen LogP contribution in [0.5, 0.6) is 11.5 Å². The zero-order valence-corrected chi connectivity index (χ0v) is 22.3. The molecule has 1 aromatic heterocycles. The minimum atomic E-state index is -0.384. The third-order valence-corrected chi connectivity index (χ3v) is 6.86. The third-order valence-electron chi connectivity index (χ3n) is 6.86. The van der Waals surface area contributed by atoms with Gasteiger partial charge in [-0.2, -0.15) is 0 Å². The number of nitrogens with one attached hydrogen (secondary N) is 1. The van der Waals surface area contributed by atoms with Gasteiger partial charge in [0.1, 0.15) is 17.8 Å². The largest absolute Gasteiger partial charge is 0.497 e. The Kier molecular flexibility index (Phi) is 7.63. The van der Waals surface area contributed by atoms with Crippen LogP contribution in [0.4, 0.5) is 5.69 Å². The average Bonchev–Trinajstić information content (AvgIpc) is 3.45. The number of ether oxygens (including phenoxy) is 2. The molecule has 0 spiro atoms. The Morgan fingerprint density at radius 2 is 1.79 bits per heavy atom. The molecule has 1 aliphatic rings. The molecule has 8 nitrogen and oxygen atoms in total. The molecule has 3 aromatic carbocycles. The number of aromatic nitrogens is 1. The maximum absolute atomic E-state index is 12.9. The molecule has 4 aromatic rings. The molecule has 2 amide bonds. The molecule has 1 atom stereocenters. The molecule has 5 rings (SSSR count).